The number of methoxy groups -OCH3 is 1. The van der Waals surface area contributed by atoms with Crippen molar-refractivity contribution in [2.75, 3.05) is 18.2 Å². The van der Waals surface area contributed by atoms with Crippen molar-refractivity contribution in [1.82, 2.24) is 9.97 Å². The number of nitrogens with zero attached hydrogens (tertiary/aromatic N) is 2. The zero-order valence-electron chi connectivity index (χ0n) is 9.45. The fraction of sp³-hybridized carbons (Fsp3) is 0.0909. The van der Waals surface area contributed by atoms with E-state index >= 15 is 0 Å². The van der Waals surface area contributed by atoms with Crippen LogP contribution in [0.5, 0.6) is 5.75 Å². The van der Waals surface area contributed by atoms with Crippen LogP contribution in [0.2, 0.25) is 0 Å². The molecule has 0 amide bonds. The second-order valence-corrected chi connectivity index (χ2v) is 4.35. The van der Waals surface area contributed by atoms with Gasteiger partial charge in [-0.05, 0) is 12.1 Å². The Kier molecular flexibility index (Phi) is 3.61. The quantitative estimate of drug-likeness (QED) is 0.911. The van der Waals surface area contributed by atoms with Crippen molar-refractivity contribution in [3.05, 3.63) is 34.7 Å². The van der Waals surface area contributed by atoms with E-state index in [0.29, 0.717) is 11.4 Å². The molecule has 0 unspecified atom stereocenters. The Labute approximate surface area is 111 Å². The Balaban J connectivity index is 2.33. The number of benzene rings is 1. The van der Waals surface area contributed by atoms with Crippen LogP contribution >= 0.6 is 15.9 Å². The van der Waals surface area contributed by atoms with Crippen molar-refractivity contribution >= 4 is 33.4 Å². The molecule has 7 heteroatoms. The summed E-state index contributed by atoms with van der Waals surface area (Å²) >= 11 is 3.33. The van der Waals surface area contributed by atoms with Gasteiger partial charge in [0.1, 0.15) is 5.75 Å². The third kappa shape index (κ3) is 2.86. The molecule has 0 atom stereocenters. The molecular formula is C11H10BrFN4O. The smallest absolute Gasteiger partial charge is 0.222 e. The summed E-state index contributed by atoms with van der Waals surface area (Å²) < 4.78 is 19.4. The van der Waals surface area contributed by atoms with Crippen LogP contribution in [0.15, 0.2) is 28.9 Å². The summed E-state index contributed by atoms with van der Waals surface area (Å²) in [5, 5.41) is 2.81. The van der Waals surface area contributed by atoms with Crippen LogP contribution in [0.1, 0.15) is 0 Å². The van der Waals surface area contributed by atoms with Crippen LogP contribution in [-0.2, 0) is 0 Å². The van der Waals surface area contributed by atoms with Crippen LogP contribution in [-0.4, -0.2) is 17.1 Å². The number of anilines is 3. The topological polar surface area (TPSA) is 73.1 Å². The summed E-state index contributed by atoms with van der Waals surface area (Å²) in [6, 6.07) is 5.26. The number of nitrogen functional groups attached to an aromatic ring is 1. The molecule has 0 saturated heterocycles. The second-order valence-electron chi connectivity index (χ2n) is 3.43. The molecule has 5 nitrogen and oxygen atoms in total. The zero-order chi connectivity index (χ0) is 13.1. The maximum Gasteiger partial charge on any atom is 0.222 e. The van der Waals surface area contributed by atoms with E-state index in [1.54, 1.807) is 25.3 Å². The Morgan fingerprint density at radius 1 is 1.39 bits per heavy atom. The highest BCUT2D eigenvalue weighted by atomic mass is 79.9. The minimum Gasteiger partial charge on any atom is -0.497 e. The molecule has 1 heterocycles. The number of nitrogens with two attached hydrogens (primary N) is 1. The van der Waals surface area contributed by atoms with E-state index in [1.165, 1.54) is 0 Å². The maximum absolute atomic E-state index is 13.5. The van der Waals surface area contributed by atoms with Gasteiger partial charge < -0.3 is 15.8 Å². The second kappa shape index (κ2) is 5.18. The molecule has 0 aliphatic rings. The van der Waals surface area contributed by atoms with Gasteiger partial charge in [-0.15, -0.1) is 0 Å². The highest BCUT2D eigenvalue weighted by Gasteiger charge is 2.07. The van der Waals surface area contributed by atoms with E-state index in [1.807, 2.05) is 0 Å². The molecular weight excluding hydrogens is 303 g/mol. The van der Waals surface area contributed by atoms with E-state index < -0.39 is 5.82 Å². The van der Waals surface area contributed by atoms with Gasteiger partial charge in [-0.2, -0.15) is 4.98 Å². The lowest BCUT2D eigenvalue weighted by Gasteiger charge is -2.09. The van der Waals surface area contributed by atoms with Crippen molar-refractivity contribution < 1.29 is 9.13 Å². The standard InChI is InChI=1S/C11H10BrFN4O/c1-18-8-3-6(12)2-7(4-8)16-10-9(13)5-15-11(14)17-10/h2-5H,1H3,(H3,14,15,16,17). The first-order chi connectivity index (χ1) is 8.58. The first-order valence-corrected chi connectivity index (χ1v) is 5.77. The van der Waals surface area contributed by atoms with Crippen molar-refractivity contribution in [3.63, 3.8) is 0 Å². The van der Waals surface area contributed by atoms with Gasteiger partial charge in [0.15, 0.2) is 11.6 Å². The van der Waals surface area contributed by atoms with Gasteiger partial charge in [-0.25, -0.2) is 9.37 Å². The molecule has 0 bridgehead atoms. The number of rotatable bonds is 3. The Morgan fingerprint density at radius 2 is 2.17 bits per heavy atom. The van der Waals surface area contributed by atoms with Crippen LogP contribution in [0, 0.1) is 5.82 Å². The molecule has 0 aliphatic carbocycles. The lowest BCUT2D eigenvalue weighted by molar-refractivity contribution is 0.415. The van der Waals surface area contributed by atoms with Gasteiger partial charge in [0, 0.05) is 16.2 Å². The Morgan fingerprint density at radius 3 is 2.89 bits per heavy atom. The highest BCUT2D eigenvalue weighted by Crippen LogP contribution is 2.27. The van der Waals surface area contributed by atoms with Crippen molar-refractivity contribution in [2.24, 2.45) is 0 Å². The van der Waals surface area contributed by atoms with Gasteiger partial charge in [0.05, 0.1) is 13.3 Å². The molecule has 0 radical (unpaired) electrons. The summed E-state index contributed by atoms with van der Waals surface area (Å²) in [4.78, 5) is 7.33. The molecule has 1 aromatic heterocycles. The molecule has 0 aliphatic heterocycles. The fourth-order valence-electron chi connectivity index (χ4n) is 1.36. The molecule has 18 heavy (non-hydrogen) atoms. The van der Waals surface area contributed by atoms with Crippen LogP contribution in [0.25, 0.3) is 0 Å². The van der Waals surface area contributed by atoms with E-state index in [9.17, 15) is 4.39 Å². The Hall–Kier alpha value is -1.89. The van der Waals surface area contributed by atoms with Crippen molar-refractivity contribution in [3.8, 4) is 5.75 Å². The average Bonchev–Trinajstić information content (AvgIpc) is 2.33. The van der Waals surface area contributed by atoms with Gasteiger partial charge in [-0.3, -0.25) is 0 Å². The van der Waals surface area contributed by atoms with E-state index in [0.717, 1.165) is 10.7 Å². The number of nitrogens with one attached hydrogen (secondary N) is 1. The number of hydrogen-bond acceptors (Lipinski definition) is 5. The van der Waals surface area contributed by atoms with E-state index in [-0.39, 0.29) is 11.8 Å². The first kappa shape index (κ1) is 12.6. The van der Waals surface area contributed by atoms with Crippen LogP contribution < -0.4 is 15.8 Å². The molecule has 3 N–H and O–H groups in total. The van der Waals surface area contributed by atoms with E-state index in [4.69, 9.17) is 10.5 Å². The predicted molar refractivity (Wildman–Crippen MR) is 70.4 cm³/mol. The third-order valence-corrected chi connectivity index (χ3v) is 2.59. The number of ether oxygens (including phenoxy) is 1. The van der Waals surface area contributed by atoms with Gasteiger partial charge in [0.25, 0.3) is 0 Å². The molecule has 1 aromatic carbocycles. The SMILES string of the molecule is COc1cc(Br)cc(Nc2nc(N)ncc2F)c1. The number of aromatic nitrogens is 2. The number of hydrogen-bond donors (Lipinski definition) is 2. The highest BCUT2D eigenvalue weighted by molar-refractivity contribution is 9.10. The lowest BCUT2D eigenvalue weighted by Crippen LogP contribution is -2.02. The number of halogens is 2. The lowest BCUT2D eigenvalue weighted by atomic mass is 10.3. The van der Waals surface area contributed by atoms with Crippen LogP contribution in [0.4, 0.5) is 21.8 Å². The summed E-state index contributed by atoms with van der Waals surface area (Å²) in [6.07, 6.45) is 1.01. The molecule has 2 aromatic rings. The monoisotopic (exact) mass is 312 g/mol. The van der Waals surface area contributed by atoms with Gasteiger partial charge >= 0.3 is 0 Å². The molecule has 0 fully saturated rings. The zero-order valence-corrected chi connectivity index (χ0v) is 11.0. The summed E-state index contributed by atoms with van der Waals surface area (Å²) in [6.45, 7) is 0. The summed E-state index contributed by atoms with van der Waals surface area (Å²) in [5.41, 5.74) is 6.03. The minimum atomic E-state index is -0.580. The Bertz CT molecular complexity index is 579. The summed E-state index contributed by atoms with van der Waals surface area (Å²) in [5.74, 6) is 0.0703. The molecule has 94 valence electrons. The summed E-state index contributed by atoms with van der Waals surface area (Å²) in [7, 11) is 1.55. The predicted octanol–water partition coefficient (Wildman–Crippen LogP) is 2.71. The van der Waals surface area contributed by atoms with E-state index in [2.05, 4.69) is 31.2 Å². The normalized spacial score (nSPS) is 10.2. The van der Waals surface area contributed by atoms with Gasteiger partial charge in [-0.1, -0.05) is 15.9 Å². The third-order valence-electron chi connectivity index (χ3n) is 2.13. The maximum atomic E-state index is 13.5. The van der Waals surface area contributed by atoms with Crippen molar-refractivity contribution in [1.29, 1.82) is 0 Å². The minimum absolute atomic E-state index is 0.000798. The van der Waals surface area contributed by atoms with Crippen LogP contribution in [0.3, 0.4) is 0 Å². The van der Waals surface area contributed by atoms with Gasteiger partial charge in [0.2, 0.25) is 5.95 Å². The van der Waals surface area contributed by atoms with Crippen molar-refractivity contribution in [2.45, 2.75) is 0 Å². The average molecular weight is 313 g/mol. The molecule has 2 rings (SSSR count). The molecule has 0 saturated carbocycles. The molecule has 0 spiro atoms. The largest absolute Gasteiger partial charge is 0.497 e. The first-order valence-electron chi connectivity index (χ1n) is 4.98. The fourth-order valence-corrected chi connectivity index (χ4v) is 1.83.